The maximum atomic E-state index is 12.2. The lowest BCUT2D eigenvalue weighted by Gasteiger charge is -2.09. The standard InChI is InChI=1S/C16H14ClN5O/c1-2-15-14(21-16(23)11-6-7-18-19-9-11)10-20-22(15)13-5-3-4-12(17)8-13/h3-10H,2H2,1H3,(H,21,23). The van der Waals surface area contributed by atoms with Gasteiger partial charge in [-0.1, -0.05) is 24.6 Å². The maximum absolute atomic E-state index is 12.2. The van der Waals surface area contributed by atoms with Crippen molar-refractivity contribution in [2.75, 3.05) is 5.32 Å². The van der Waals surface area contributed by atoms with E-state index in [-0.39, 0.29) is 5.91 Å². The molecule has 0 fully saturated rings. The number of nitrogens with one attached hydrogen (secondary N) is 1. The number of halogens is 1. The molecule has 3 rings (SSSR count). The van der Waals surface area contributed by atoms with Gasteiger partial charge in [0.05, 0.1) is 41.2 Å². The zero-order chi connectivity index (χ0) is 16.2. The van der Waals surface area contributed by atoms with Crippen LogP contribution < -0.4 is 5.32 Å². The predicted octanol–water partition coefficient (Wildman–Crippen LogP) is 3.13. The summed E-state index contributed by atoms with van der Waals surface area (Å²) in [6, 6.07) is 9.01. The number of hydrogen-bond donors (Lipinski definition) is 1. The van der Waals surface area contributed by atoms with E-state index in [1.54, 1.807) is 23.0 Å². The highest BCUT2D eigenvalue weighted by molar-refractivity contribution is 6.30. The molecule has 0 unspecified atom stereocenters. The quantitative estimate of drug-likeness (QED) is 0.799. The summed E-state index contributed by atoms with van der Waals surface area (Å²) < 4.78 is 1.77. The largest absolute Gasteiger partial charge is 0.319 e. The van der Waals surface area contributed by atoms with Crippen molar-refractivity contribution < 1.29 is 4.79 Å². The molecule has 0 aliphatic heterocycles. The molecule has 1 amide bonds. The number of hydrogen-bond acceptors (Lipinski definition) is 4. The second-order valence-electron chi connectivity index (χ2n) is 4.84. The second-order valence-corrected chi connectivity index (χ2v) is 5.27. The summed E-state index contributed by atoms with van der Waals surface area (Å²) >= 11 is 6.04. The van der Waals surface area contributed by atoms with E-state index in [1.165, 1.54) is 12.4 Å². The molecule has 7 heteroatoms. The number of nitrogens with zero attached hydrogens (tertiary/aromatic N) is 4. The van der Waals surface area contributed by atoms with Crippen molar-refractivity contribution in [2.45, 2.75) is 13.3 Å². The summed E-state index contributed by atoms with van der Waals surface area (Å²) in [5.41, 5.74) is 2.84. The van der Waals surface area contributed by atoms with Crippen LogP contribution in [-0.2, 0) is 6.42 Å². The van der Waals surface area contributed by atoms with Gasteiger partial charge in [-0.15, -0.1) is 0 Å². The summed E-state index contributed by atoms with van der Waals surface area (Å²) in [5, 5.41) is 15.2. The van der Waals surface area contributed by atoms with Crippen LogP contribution in [0.3, 0.4) is 0 Å². The van der Waals surface area contributed by atoms with E-state index in [0.717, 1.165) is 11.4 Å². The van der Waals surface area contributed by atoms with Gasteiger partial charge in [-0.25, -0.2) is 4.68 Å². The molecule has 0 bridgehead atoms. The molecule has 1 aromatic carbocycles. The van der Waals surface area contributed by atoms with Gasteiger partial charge in [0.25, 0.3) is 5.91 Å². The van der Waals surface area contributed by atoms with Crippen LogP contribution in [0.15, 0.2) is 48.9 Å². The molecule has 116 valence electrons. The van der Waals surface area contributed by atoms with Crippen molar-refractivity contribution >= 4 is 23.2 Å². The molecule has 0 radical (unpaired) electrons. The molecular weight excluding hydrogens is 314 g/mol. The summed E-state index contributed by atoms with van der Waals surface area (Å²) in [5.74, 6) is -0.250. The van der Waals surface area contributed by atoms with Gasteiger partial charge in [0.2, 0.25) is 0 Å². The number of benzene rings is 1. The zero-order valence-electron chi connectivity index (χ0n) is 12.4. The van der Waals surface area contributed by atoms with Gasteiger partial charge in [-0.3, -0.25) is 4.79 Å². The summed E-state index contributed by atoms with van der Waals surface area (Å²) in [6.45, 7) is 2.00. The molecule has 0 atom stereocenters. The number of anilines is 1. The third kappa shape index (κ3) is 3.22. The van der Waals surface area contributed by atoms with E-state index in [9.17, 15) is 4.79 Å². The lowest BCUT2D eigenvalue weighted by Crippen LogP contribution is -2.13. The normalized spacial score (nSPS) is 10.5. The fourth-order valence-corrected chi connectivity index (χ4v) is 2.45. The number of carbonyl (C=O) groups is 1. The van der Waals surface area contributed by atoms with E-state index >= 15 is 0 Å². The molecular formula is C16H14ClN5O. The molecule has 0 spiro atoms. The first-order chi connectivity index (χ1) is 11.2. The van der Waals surface area contributed by atoms with Crippen LogP contribution in [0.1, 0.15) is 23.0 Å². The number of amides is 1. The van der Waals surface area contributed by atoms with Crippen molar-refractivity contribution in [2.24, 2.45) is 0 Å². The molecule has 0 saturated heterocycles. The van der Waals surface area contributed by atoms with Crippen molar-refractivity contribution in [3.8, 4) is 5.69 Å². The average Bonchev–Trinajstić information content (AvgIpc) is 2.98. The third-order valence-electron chi connectivity index (χ3n) is 3.35. The Labute approximate surface area is 138 Å². The highest BCUT2D eigenvalue weighted by Gasteiger charge is 2.14. The molecule has 6 nitrogen and oxygen atoms in total. The molecule has 0 aliphatic carbocycles. The lowest BCUT2D eigenvalue weighted by atomic mass is 10.2. The van der Waals surface area contributed by atoms with Gasteiger partial charge in [-0.05, 0) is 30.7 Å². The highest BCUT2D eigenvalue weighted by atomic mass is 35.5. The topological polar surface area (TPSA) is 72.7 Å². The molecule has 23 heavy (non-hydrogen) atoms. The molecule has 0 saturated carbocycles. The summed E-state index contributed by atoms with van der Waals surface area (Å²) in [4.78, 5) is 12.2. The minimum atomic E-state index is -0.250. The minimum Gasteiger partial charge on any atom is -0.319 e. The van der Waals surface area contributed by atoms with E-state index < -0.39 is 0 Å². The SMILES string of the molecule is CCc1c(NC(=O)c2ccnnc2)cnn1-c1cccc(Cl)c1. The van der Waals surface area contributed by atoms with Crippen LogP contribution in [0, 0.1) is 0 Å². The number of rotatable bonds is 4. The third-order valence-corrected chi connectivity index (χ3v) is 3.59. The summed E-state index contributed by atoms with van der Waals surface area (Å²) in [6.07, 6.45) is 5.23. The first kappa shape index (κ1) is 15.2. The molecule has 2 heterocycles. The van der Waals surface area contributed by atoms with Crippen LogP contribution in [0.2, 0.25) is 5.02 Å². The monoisotopic (exact) mass is 327 g/mol. The molecule has 0 aliphatic rings. The van der Waals surface area contributed by atoms with Crippen LogP contribution in [0.4, 0.5) is 5.69 Å². The average molecular weight is 328 g/mol. The van der Waals surface area contributed by atoms with Gasteiger partial charge >= 0.3 is 0 Å². The zero-order valence-corrected chi connectivity index (χ0v) is 13.2. The van der Waals surface area contributed by atoms with E-state index in [0.29, 0.717) is 22.7 Å². The first-order valence-electron chi connectivity index (χ1n) is 7.10. The predicted molar refractivity (Wildman–Crippen MR) is 87.9 cm³/mol. The van der Waals surface area contributed by atoms with E-state index in [2.05, 4.69) is 20.6 Å². The Kier molecular flexibility index (Phi) is 4.34. The molecule has 2 aromatic heterocycles. The Morgan fingerprint density at radius 3 is 2.83 bits per heavy atom. The van der Waals surface area contributed by atoms with Crippen LogP contribution in [-0.4, -0.2) is 25.9 Å². The van der Waals surface area contributed by atoms with E-state index in [1.807, 2.05) is 25.1 Å². The van der Waals surface area contributed by atoms with Gasteiger partial charge < -0.3 is 5.32 Å². The number of carbonyl (C=O) groups excluding carboxylic acids is 1. The Bertz CT molecular complexity index is 831. The van der Waals surface area contributed by atoms with Gasteiger partial charge in [-0.2, -0.15) is 15.3 Å². The molecule has 3 aromatic rings. The fourth-order valence-electron chi connectivity index (χ4n) is 2.27. The van der Waals surface area contributed by atoms with Gasteiger partial charge in [0.15, 0.2) is 0 Å². The van der Waals surface area contributed by atoms with E-state index in [4.69, 9.17) is 11.6 Å². The first-order valence-corrected chi connectivity index (χ1v) is 7.47. The Morgan fingerprint density at radius 2 is 2.13 bits per heavy atom. The van der Waals surface area contributed by atoms with Crippen LogP contribution in [0.25, 0.3) is 5.69 Å². The maximum Gasteiger partial charge on any atom is 0.257 e. The van der Waals surface area contributed by atoms with Gasteiger partial charge in [0, 0.05) is 5.02 Å². The number of aromatic nitrogens is 4. The lowest BCUT2D eigenvalue weighted by molar-refractivity contribution is 0.102. The highest BCUT2D eigenvalue weighted by Crippen LogP contribution is 2.22. The van der Waals surface area contributed by atoms with Crippen molar-refractivity contribution in [1.82, 2.24) is 20.0 Å². The Balaban J connectivity index is 1.91. The van der Waals surface area contributed by atoms with Crippen molar-refractivity contribution in [1.29, 1.82) is 0 Å². The van der Waals surface area contributed by atoms with Gasteiger partial charge in [0.1, 0.15) is 0 Å². The smallest absolute Gasteiger partial charge is 0.257 e. The second kappa shape index (κ2) is 6.58. The Morgan fingerprint density at radius 1 is 1.26 bits per heavy atom. The fraction of sp³-hybridized carbons (Fsp3) is 0.125. The minimum absolute atomic E-state index is 0.250. The summed E-state index contributed by atoms with van der Waals surface area (Å²) in [7, 11) is 0. The molecule has 1 N–H and O–H groups in total. The van der Waals surface area contributed by atoms with Crippen LogP contribution >= 0.6 is 11.6 Å². The Hall–Kier alpha value is -2.73. The van der Waals surface area contributed by atoms with Crippen molar-refractivity contribution in [3.63, 3.8) is 0 Å². The van der Waals surface area contributed by atoms with Crippen molar-refractivity contribution in [3.05, 3.63) is 65.2 Å². The van der Waals surface area contributed by atoms with Crippen LogP contribution in [0.5, 0.6) is 0 Å².